The van der Waals surface area contributed by atoms with Crippen molar-refractivity contribution in [1.82, 2.24) is 20.1 Å². The maximum Gasteiger partial charge on any atom is 0.317 e. The summed E-state index contributed by atoms with van der Waals surface area (Å²) in [4.78, 5) is 30.9. The van der Waals surface area contributed by atoms with E-state index in [2.05, 4.69) is 10.3 Å². The van der Waals surface area contributed by atoms with E-state index in [0.717, 1.165) is 31.5 Å². The van der Waals surface area contributed by atoms with Crippen LogP contribution in [0.3, 0.4) is 0 Å². The summed E-state index contributed by atoms with van der Waals surface area (Å²) in [6.45, 7) is 2.70. The molecule has 21 heavy (non-hydrogen) atoms. The number of carbonyl (C=O) groups excluding carboxylic acids is 2. The summed E-state index contributed by atoms with van der Waals surface area (Å²) in [6, 6.07) is 3.69. The molecule has 1 fully saturated rings. The second kappa shape index (κ2) is 7.61. The molecule has 0 bridgehead atoms. The van der Waals surface area contributed by atoms with E-state index in [1.165, 1.54) is 0 Å². The molecular weight excluding hydrogens is 268 g/mol. The molecule has 114 valence electrons. The lowest BCUT2D eigenvalue weighted by molar-refractivity contribution is -0.127. The molecule has 0 radical (unpaired) electrons. The average Bonchev–Trinajstić information content (AvgIpc) is 2.90. The van der Waals surface area contributed by atoms with Crippen molar-refractivity contribution in [3.8, 4) is 0 Å². The molecule has 1 saturated heterocycles. The Balaban J connectivity index is 1.63. The number of nitrogens with one attached hydrogen (secondary N) is 1. The summed E-state index contributed by atoms with van der Waals surface area (Å²) in [5.74, 6) is 0.232. The van der Waals surface area contributed by atoms with Crippen LogP contribution in [0.4, 0.5) is 4.79 Å². The molecular formula is C15H22N4O2. The first-order valence-electron chi connectivity index (χ1n) is 7.32. The molecule has 0 aromatic carbocycles. The summed E-state index contributed by atoms with van der Waals surface area (Å²) < 4.78 is 0. The van der Waals surface area contributed by atoms with Gasteiger partial charge in [0.25, 0.3) is 0 Å². The maximum absolute atomic E-state index is 11.9. The zero-order valence-electron chi connectivity index (χ0n) is 12.4. The minimum Gasteiger partial charge on any atom is -0.343 e. The van der Waals surface area contributed by atoms with Crippen molar-refractivity contribution in [2.24, 2.45) is 0 Å². The van der Waals surface area contributed by atoms with E-state index in [1.54, 1.807) is 24.3 Å². The molecule has 2 heterocycles. The third-order valence-electron chi connectivity index (χ3n) is 3.54. The Morgan fingerprint density at radius 2 is 2.38 bits per heavy atom. The lowest BCUT2D eigenvalue weighted by atomic mass is 10.3. The molecule has 3 amide bonds. The quantitative estimate of drug-likeness (QED) is 0.802. The van der Waals surface area contributed by atoms with Crippen LogP contribution in [0.2, 0.25) is 0 Å². The fraction of sp³-hybridized carbons (Fsp3) is 0.533. The van der Waals surface area contributed by atoms with Crippen LogP contribution < -0.4 is 5.32 Å². The lowest BCUT2D eigenvalue weighted by Crippen LogP contribution is -2.38. The van der Waals surface area contributed by atoms with Gasteiger partial charge < -0.3 is 15.1 Å². The Morgan fingerprint density at radius 1 is 1.52 bits per heavy atom. The van der Waals surface area contributed by atoms with Crippen molar-refractivity contribution in [1.29, 1.82) is 0 Å². The number of aromatic nitrogens is 1. The third-order valence-corrected chi connectivity index (χ3v) is 3.54. The number of rotatable bonds is 6. The number of pyridine rings is 1. The summed E-state index contributed by atoms with van der Waals surface area (Å²) in [5, 5.41) is 2.87. The van der Waals surface area contributed by atoms with E-state index in [9.17, 15) is 9.59 Å². The first-order valence-corrected chi connectivity index (χ1v) is 7.32. The summed E-state index contributed by atoms with van der Waals surface area (Å²) in [6.07, 6.45) is 5.88. The molecule has 6 heteroatoms. The molecule has 1 aliphatic rings. The lowest BCUT2D eigenvalue weighted by Gasteiger charge is -2.19. The van der Waals surface area contributed by atoms with Crippen molar-refractivity contribution < 1.29 is 9.59 Å². The Labute approximate surface area is 125 Å². The summed E-state index contributed by atoms with van der Waals surface area (Å²) in [7, 11) is 1.76. The van der Waals surface area contributed by atoms with E-state index in [0.29, 0.717) is 19.5 Å². The highest BCUT2D eigenvalue weighted by molar-refractivity contribution is 5.78. The Morgan fingerprint density at radius 3 is 3.05 bits per heavy atom. The van der Waals surface area contributed by atoms with Crippen molar-refractivity contribution >= 4 is 11.9 Å². The molecule has 0 aliphatic carbocycles. The number of carbonyl (C=O) groups is 2. The van der Waals surface area contributed by atoms with Crippen molar-refractivity contribution in [3.63, 3.8) is 0 Å². The normalized spacial score (nSPS) is 14.3. The zero-order valence-corrected chi connectivity index (χ0v) is 12.4. The zero-order chi connectivity index (χ0) is 15.1. The van der Waals surface area contributed by atoms with Gasteiger partial charge in [0.1, 0.15) is 0 Å². The van der Waals surface area contributed by atoms with E-state index in [1.807, 2.05) is 17.0 Å². The fourth-order valence-corrected chi connectivity index (χ4v) is 2.38. The predicted molar refractivity (Wildman–Crippen MR) is 79.5 cm³/mol. The number of amides is 3. The van der Waals surface area contributed by atoms with Gasteiger partial charge >= 0.3 is 6.03 Å². The van der Waals surface area contributed by atoms with Gasteiger partial charge in [0.05, 0.1) is 0 Å². The molecule has 1 aromatic heterocycles. The van der Waals surface area contributed by atoms with Crippen LogP contribution in [-0.4, -0.2) is 53.4 Å². The van der Waals surface area contributed by atoms with Crippen molar-refractivity contribution in [3.05, 3.63) is 30.1 Å². The first-order chi connectivity index (χ1) is 10.2. The standard InChI is InChI=1S/C15H22N4O2/c1-18(12-13-5-2-7-16-11-13)15(21)17-8-4-10-19-9-3-6-14(19)20/h2,5,7,11H,3-4,6,8-10,12H2,1H3,(H,17,21). The SMILES string of the molecule is CN(Cc1cccnc1)C(=O)NCCCN1CCCC1=O. The Bertz CT molecular complexity index is 478. The minimum atomic E-state index is -0.105. The monoisotopic (exact) mass is 290 g/mol. The molecule has 1 aromatic rings. The number of likely N-dealkylation sites (tertiary alicyclic amines) is 1. The topological polar surface area (TPSA) is 65.5 Å². The van der Waals surface area contributed by atoms with Gasteiger partial charge in [-0.3, -0.25) is 9.78 Å². The van der Waals surface area contributed by atoms with Crippen LogP contribution in [-0.2, 0) is 11.3 Å². The van der Waals surface area contributed by atoms with Gasteiger partial charge in [0.2, 0.25) is 5.91 Å². The van der Waals surface area contributed by atoms with Crippen LogP contribution in [0, 0.1) is 0 Å². The average molecular weight is 290 g/mol. The van der Waals surface area contributed by atoms with Crippen molar-refractivity contribution in [2.45, 2.75) is 25.8 Å². The minimum absolute atomic E-state index is 0.105. The van der Waals surface area contributed by atoms with Crippen LogP contribution >= 0.6 is 0 Å². The predicted octanol–water partition coefficient (Wildman–Crippen LogP) is 1.24. The van der Waals surface area contributed by atoms with Gasteiger partial charge in [0, 0.05) is 52.0 Å². The molecule has 0 atom stereocenters. The van der Waals surface area contributed by atoms with Crippen LogP contribution in [0.5, 0.6) is 0 Å². The number of hydrogen-bond acceptors (Lipinski definition) is 3. The third kappa shape index (κ3) is 4.73. The van der Waals surface area contributed by atoms with Crippen molar-refractivity contribution in [2.75, 3.05) is 26.7 Å². The van der Waals surface area contributed by atoms with E-state index < -0.39 is 0 Å². The van der Waals surface area contributed by atoms with Gasteiger partial charge in [0.15, 0.2) is 0 Å². The molecule has 0 spiro atoms. The van der Waals surface area contributed by atoms with Gasteiger partial charge in [-0.1, -0.05) is 6.07 Å². The highest BCUT2D eigenvalue weighted by Crippen LogP contribution is 2.09. The summed E-state index contributed by atoms with van der Waals surface area (Å²) >= 11 is 0. The first kappa shape index (κ1) is 15.3. The number of hydrogen-bond donors (Lipinski definition) is 1. The molecule has 1 aliphatic heterocycles. The number of urea groups is 1. The van der Waals surface area contributed by atoms with E-state index in [4.69, 9.17) is 0 Å². The second-order valence-corrected chi connectivity index (χ2v) is 5.29. The Hall–Kier alpha value is -2.11. The number of nitrogens with zero attached hydrogens (tertiary/aromatic N) is 3. The van der Waals surface area contributed by atoms with Gasteiger partial charge in [-0.25, -0.2) is 4.79 Å². The summed E-state index contributed by atoms with van der Waals surface area (Å²) in [5.41, 5.74) is 0.998. The van der Waals surface area contributed by atoms with Crippen LogP contribution in [0.15, 0.2) is 24.5 Å². The smallest absolute Gasteiger partial charge is 0.317 e. The van der Waals surface area contributed by atoms with E-state index in [-0.39, 0.29) is 11.9 Å². The molecule has 0 unspecified atom stereocenters. The van der Waals surface area contributed by atoms with Gasteiger partial charge in [-0.05, 0) is 24.5 Å². The van der Waals surface area contributed by atoms with Crippen LogP contribution in [0.25, 0.3) is 0 Å². The highest BCUT2D eigenvalue weighted by atomic mass is 16.2. The molecule has 6 nitrogen and oxygen atoms in total. The van der Waals surface area contributed by atoms with Gasteiger partial charge in [-0.15, -0.1) is 0 Å². The van der Waals surface area contributed by atoms with Gasteiger partial charge in [-0.2, -0.15) is 0 Å². The second-order valence-electron chi connectivity index (χ2n) is 5.29. The van der Waals surface area contributed by atoms with Crippen LogP contribution in [0.1, 0.15) is 24.8 Å². The largest absolute Gasteiger partial charge is 0.343 e. The Kier molecular flexibility index (Phi) is 5.54. The maximum atomic E-state index is 11.9. The molecule has 2 rings (SSSR count). The molecule has 1 N–H and O–H groups in total. The fourth-order valence-electron chi connectivity index (χ4n) is 2.38. The van der Waals surface area contributed by atoms with E-state index >= 15 is 0 Å². The highest BCUT2D eigenvalue weighted by Gasteiger charge is 2.19. The molecule has 0 saturated carbocycles.